The summed E-state index contributed by atoms with van der Waals surface area (Å²) in [6, 6.07) is 60.7. The van der Waals surface area contributed by atoms with Gasteiger partial charge in [0.05, 0.1) is 13.2 Å². The second-order valence-corrected chi connectivity index (χ2v) is 26.0. The molecule has 378 valence electrons. The van der Waals surface area contributed by atoms with E-state index in [-0.39, 0.29) is 28.9 Å². The lowest BCUT2D eigenvalue weighted by atomic mass is 9.32. The van der Waals surface area contributed by atoms with Crippen molar-refractivity contribution >= 4 is 77.6 Å². The average molecular weight is 1010 g/mol. The van der Waals surface area contributed by atoms with Crippen LogP contribution in [0.1, 0.15) is 109 Å². The smallest absolute Gasteiger partial charge is 0.251 e. The van der Waals surface area contributed by atoms with Crippen LogP contribution in [0.15, 0.2) is 181 Å². The highest BCUT2D eigenvalue weighted by atomic mass is 32.1. The zero-order chi connectivity index (χ0) is 52.4. The first kappa shape index (κ1) is 48.4. The van der Waals surface area contributed by atoms with E-state index in [1.165, 1.54) is 104 Å². The van der Waals surface area contributed by atoms with Gasteiger partial charge in [-0.3, -0.25) is 0 Å². The summed E-state index contributed by atoms with van der Waals surface area (Å²) in [5.74, 6) is 1.79. The van der Waals surface area contributed by atoms with Gasteiger partial charge in [-0.2, -0.15) is 0 Å². The third kappa shape index (κ3) is 8.36. The van der Waals surface area contributed by atoms with Crippen LogP contribution in [0.2, 0.25) is 0 Å². The van der Waals surface area contributed by atoms with E-state index in [4.69, 9.17) is 9.47 Å². The van der Waals surface area contributed by atoms with Gasteiger partial charge in [-0.05, 0) is 157 Å². The molecule has 1 unspecified atom stereocenters. The number of rotatable bonds is 5. The minimum atomic E-state index is -0.0612. The van der Waals surface area contributed by atoms with Gasteiger partial charge in [-0.25, -0.2) is 0 Å². The molecule has 1 atom stereocenters. The molecule has 1 aromatic heterocycles. The van der Waals surface area contributed by atoms with Crippen LogP contribution >= 0.6 is 11.3 Å². The standard InChI is InChI=1S/C70H67BN2O2S/c1-43-34-61-67-62(35-43)73(54-37-48(44-16-22-50(23-17-44)68(2,3)4)36-49(38-54)45-18-24-51(25-19-45)69(5,6)7)59-39-46(47-20-30-56-55-14-11-12-15-65(55)76-66(56)40-47)21-31-57(59)71(67)58-41-63-64(75-33-13-32-74-63)42-60(58)72(61)53-28-26-52(27-29-53)70(8,9)10/h11-12,14-31,34-38,40-42,46H,13,32-33,39H2,1-10H3. The molecule has 0 radical (unpaired) electrons. The van der Waals surface area contributed by atoms with Gasteiger partial charge in [0.15, 0.2) is 11.5 Å². The highest BCUT2D eigenvalue weighted by Crippen LogP contribution is 2.51. The Bertz CT molecular complexity index is 3770. The number of allylic oxidation sites excluding steroid dienone is 4. The Morgan fingerprint density at radius 1 is 0.513 bits per heavy atom. The van der Waals surface area contributed by atoms with E-state index in [1.807, 2.05) is 11.3 Å². The molecule has 0 amide bonds. The third-order valence-electron chi connectivity index (χ3n) is 16.5. The molecule has 13 rings (SSSR count). The van der Waals surface area contributed by atoms with Crippen LogP contribution in [0.25, 0.3) is 42.4 Å². The van der Waals surface area contributed by atoms with Crippen LogP contribution < -0.4 is 30.2 Å². The second-order valence-electron chi connectivity index (χ2n) is 24.9. The fraction of sp³-hybridized carbons (Fsp3) is 0.257. The predicted molar refractivity (Wildman–Crippen MR) is 325 cm³/mol. The van der Waals surface area contributed by atoms with Crippen molar-refractivity contribution in [3.05, 3.63) is 209 Å². The molecule has 9 aromatic rings. The van der Waals surface area contributed by atoms with E-state index in [0.29, 0.717) is 13.2 Å². The average Bonchev–Trinajstić information content (AvgIpc) is 3.80. The summed E-state index contributed by atoms with van der Waals surface area (Å²) in [6.45, 7) is 24.1. The molecule has 0 saturated carbocycles. The van der Waals surface area contributed by atoms with E-state index in [2.05, 4.69) is 249 Å². The number of ether oxygens (including phenoxy) is 2. The maximum atomic E-state index is 6.59. The zero-order valence-corrected chi connectivity index (χ0v) is 46.6. The lowest BCUT2D eigenvalue weighted by Gasteiger charge is -2.46. The summed E-state index contributed by atoms with van der Waals surface area (Å²) in [6.07, 6.45) is 6.67. The minimum absolute atomic E-state index is 0.0171. The Morgan fingerprint density at radius 2 is 1.08 bits per heavy atom. The lowest BCUT2D eigenvalue weighted by molar-refractivity contribution is 0.297. The number of benzene rings is 8. The van der Waals surface area contributed by atoms with Gasteiger partial charge in [0.2, 0.25) is 0 Å². The van der Waals surface area contributed by atoms with Gasteiger partial charge in [0.25, 0.3) is 6.71 Å². The Hall–Kier alpha value is -7.28. The van der Waals surface area contributed by atoms with Crippen molar-refractivity contribution in [2.45, 2.75) is 104 Å². The predicted octanol–water partition coefficient (Wildman–Crippen LogP) is 17.8. The Morgan fingerprint density at radius 3 is 1.70 bits per heavy atom. The van der Waals surface area contributed by atoms with Crippen LogP contribution in [0.4, 0.5) is 28.4 Å². The molecular weight excluding hydrogens is 944 g/mol. The van der Waals surface area contributed by atoms with Gasteiger partial charge < -0.3 is 19.3 Å². The number of thiophene rings is 1. The fourth-order valence-electron chi connectivity index (χ4n) is 12.3. The molecule has 4 aliphatic rings. The van der Waals surface area contributed by atoms with Crippen molar-refractivity contribution < 1.29 is 9.47 Å². The SMILES string of the molecule is Cc1cc2c3c(c1)N(c1ccc(C(C)(C)C)cc1)c1cc4c(cc1B3C1=C(CC(c3ccc5c(c3)sc3ccccc35)C=C1)N2c1cc(-c2ccc(C(C)(C)C)cc2)cc(-c2ccc(C(C)(C)C)cc2)c1)OCCCO4. The first-order valence-corrected chi connectivity index (χ1v) is 28.2. The molecule has 0 spiro atoms. The molecule has 4 nitrogen and oxygen atoms in total. The number of nitrogens with zero attached hydrogens (tertiary/aromatic N) is 2. The van der Waals surface area contributed by atoms with Crippen LogP contribution in [-0.4, -0.2) is 19.9 Å². The molecule has 76 heavy (non-hydrogen) atoms. The second kappa shape index (κ2) is 17.9. The molecule has 0 N–H and O–H groups in total. The van der Waals surface area contributed by atoms with E-state index < -0.39 is 0 Å². The molecular formula is C70H67BN2O2S. The summed E-state index contributed by atoms with van der Waals surface area (Å²) in [4.78, 5) is 5.18. The largest absolute Gasteiger partial charge is 0.490 e. The first-order chi connectivity index (χ1) is 36.4. The van der Waals surface area contributed by atoms with Gasteiger partial charge in [-0.15, -0.1) is 11.3 Å². The Balaban J connectivity index is 1.06. The molecule has 3 aliphatic heterocycles. The van der Waals surface area contributed by atoms with Crippen LogP contribution in [0, 0.1) is 6.92 Å². The van der Waals surface area contributed by atoms with Crippen molar-refractivity contribution in [3.63, 3.8) is 0 Å². The van der Waals surface area contributed by atoms with Crippen molar-refractivity contribution in [2.24, 2.45) is 0 Å². The maximum absolute atomic E-state index is 6.59. The molecule has 4 heterocycles. The molecule has 1 aliphatic carbocycles. The fourth-order valence-corrected chi connectivity index (χ4v) is 13.5. The molecule has 0 fully saturated rings. The third-order valence-corrected chi connectivity index (χ3v) is 17.6. The van der Waals surface area contributed by atoms with Crippen LogP contribution in [-0.2, 0) is 16.2 Å². The molecule has 6 heteroatoms. The molecule has 8 aromatic carbocycles. The summed E-state index contributed by atoms with van der Waals surface area (Å²) in [5, 5.41) is 2.66. The van der Waals surface area contributed by atoms with Crippen LogP contribution in [0.5, 0.6) is 11.5 Å². The normalized spacial score (nSPS) is 16.2. The first-order valence-electron chi connectivity index (χ1n) is 27.4. The topological polar surface area (TPSA) is 24.9 Å². The van der Waals surface area contributed by atoms with E-state index in [1.54, 1.807) is 0 Å². The number of hydrogen-bond acceptors (Lipinski definition) is 5. The van der Waals surface area contributed by atoms with E-state index >= 15 is 0 Å². The number of hydrogen-bond donors (Lipinski definition) is 0. The summed E-state index contributed by atoms with van der Waals surface area (Å²) in [7, 11) is 0. The van der Waals surface area contributed by atoms with Crippen molar-refractivity contribution in [2.75, 3.05) is 23.0 Å². The van der Waals surface area contributed by atoms with Gasteiger partial charge in [0.1, 0.15) is 0 Å². The maximum Gasteiger partial charge on any atom is 0.251 e. The Labute approximate surface area is 454 Å². The monoisotopic (exact) mass is 1010 g/mol. The quantitative estimate of drug-likeness (QED) is 0.160. The highest BCUT2D eigenvalue weighted by Gasteiger charge is 2.46. The summed E-state index contributed by atoms with van der Waals surface area (Å²) in [5.41, 5.74) is 22.4. The van der Waals surface area contributed by atoms with E-state index in [0.717, 1.165) is 41.4 Å². The van der Waals surface area contributed by atoms with Crippen LogP contribution in [0.3, 0.4) is 0 Å². The summed E-state index contributed by atoms with van der Waals surface area (Å²) >= 11 is 1.90. The zero-order valence-electron chi connectivity index (χ0n) is 45.8. The number of aryl methyl sites for hydroxylation is 1. The van der Waals surface area contributed by atoms with Crippen molar-refractivity contribution in [1.82, 2.24) is 0 Å². The van der Waals surface area contributed by atoms with Gasteiger partial charge in [0, 0.05) is 72.7 Å². The van der Waals surface area contributed by atoms with E-state index in [9.17, 15) is 0 Å². The van der Waals surface area contributed by atoms with Gasteiger partial charge in [-0.1, -0.05) is 165 Å². The number of anilines is 5. The minimum Gasteiger partial charge on any atom is -0.490 e. The van der Waals surface area contributed by atoms with Crippen molar-refractivity contribution in [3.8, 4) is 33.8 Å². The highest BCUT2D eigenvalue weighted by molar-refractivity contribution is 7.25. The van der Waals surface area contributed by atoms with Crippen molar-refractivity contribution in [1.29, 1.82) is 0 Å². The number of fused-ring (bicyclic) bond motifs is 7. The lowest BCUT2D eigenvalue weighted by Crippen LogP contribution is -2.56. The van der Waals surface area contributed by atoms with Gasteiger partial charge >= 0.3 is 0 Å². The molecule has 0 bridgehead atoms. The molecule has 0 saturated heterocycles. The Kier molecular flexibility index (Phi) is 11.4. The summed E-state index contributed by atoms with van der Waals surface area (Å²) < 4.78 is 15.8.